The van der Waals surface area contributed by atoms with Crippen LogP contribution in [0.1, 0.15) is 19.3 Å². The number of alkyl halides is 1. The van der Waals surface area contributed by atoms with Crippen LogP contribution in [0.5, 0.6) is 0 Å². The van der Waals surface area contributed by atoms with Gasteiger partial charge < -0.3 is 24.8 Å². The van der Waals surface area contributed by atoms with Crippen molar-refractivity contribution in [2.24, 2.45) is 5.73 Å². The molecule has 0 aliphatic carbocycles. The van der Waals surface area contributed by atoms with E-state index in [1.807, 2.05) is 17.0 Å². The monoisotopic (exact) mass is 395 g/mol. The number of primary amides is 1. The number of piperidine rings is 1. The molecular weight excluding hydrogens is 369 g/mol. The van der Waals surface area contributed by atoms with Gasteiger partial charge in [0.05, 0.1) is 13.1 Å². The molecule has 0 bridgehead atoms. The Labute approximate surface area is 163 Å². The van der Waals surface area contributed by atoms with Crippen LogP contribution in [0, 0.1) is 0 Å². The Morgan fingerprint density at radius 2 is 1.89 bits per heavy atom. The van der Waals surface area contributed by atoms with Crippen molar-refractivity contribution >= 4 is 23.4 Å². The molecule has 2 atom stereocenters. The average molecular weight is 395 g/mol. The molecule has 2 amide bonds. The highest BCUT2D eigenvalue weighted by Crippen LogP contribution is 2.33. The zero-order valence-corrected chi connectivity index (χ0v) is 16.1. The number of hydrogen-bond acceptors (Lipinski definition) is 6. The SMILES string of the molecule is COC1(OC)CCN(c2ccc(N3CC(CCC(N)=O)OC3=O)cc2)CC1F. The minimum Gasteiger partial charge on any atom is -0.444 e. The molecule has 9 heteroatoms. The van der Waals surface area contributed by atoms with Gasteiger partial charge in [-0.1, -0.05) is 0 Å². The van der Waals surface area contributed by atoms with Crippen molar-refractivity contribution in [1.29, 1.82) is 0 Å². The fourth-order valence-electron chi connectivity index (χ4n) is 3.68. The van der Waals surface area contributed by atoms with Crippen molar-refractivity contribution in [2.45, 2.75) is 37.3 Å². The molecule has 0 radical (unpaired) electrons. The number of nitrogens with zero attached hydrogens (tertiary/aromatic N) is 2. The van der Waals surface area contributed by atoms with Crippen molar-refractivity contribution in [3.63, 3.8) is 0 Å². The highest BCUT2D eigenvalue weighted by Gasteiger charge is 2.44. The van der Waals surface area contributed by atoms with E-state index in [1.54, 1.807) is 12.1 Å². The van der Waals surface area contributed by atoms with Crippen LogP contribution in [0.4, 0.5) is 20.6 Å². The molecule has 2 unspecified atom stereocenters. The zero-order valence-electron chi connectivity index (χ0n) is 16.1. The van der Waals surface area contributed by atoms with E-state index in [0.29, 0.717) is 31.6 Å². The van der Waals surface area contributed by atoms with Crippen molar-refractivity contribution in [2.75, 3.05) is 43.7 Å². The fourth-order valence-corrected chi connectivity index (χ4v) is 3.68. The lowest BCUT2D eigenvalue weighted by Crippen LogP contribution is -2.55. The van der Waals surface area contributed by atoms with Gasteiger partial charge in [-0.3, -0.25) is 9.69 Å². The lowest BCUT2D eigenvalue weighted by atomic mass is 10.0. The van der Waals surface area contributed by atoms with Gasteiger partial charge in [-0.25, -0.2) is 9.18 Å². The van der Waals surface area contributed by atoms with E-state index in [2.05, 4.69) is 0 Å². The summed E-state index contributed by atoms with van der Waals surface area (Å²) < 4.78 is 30.4. The second-order valence-corrected chi connectivity index (χ2v) is 7.02. The molecule has 28 heavy (non-hydrogen) atoms. The van der Waals surface area contributed by atoms with Crippen LogP contribution in [-0.2, 0) is 19.0 Å². The van der Waals surface area contributed by atoms with Gasteiger partial charge in [0, 0.05) is 45.0 Å². The van der Waals surface area contributed by atoms with Gasteiger partial charge in [0.15, 0.2) is 6.17 Å². The molecule has 2 N–H and O–H groups in total. The third kappa shape index (κ3) is 4.05. The smallest absolute Gasteiger partial charge is 0.414 e. The first-order valence-corrected chi connectivity index (χ1v) is 9.24. The summed E-state index contributed by atoms with van der Waals surface area (Å²) in [6, 6.07) is 7.29. The summed E-state index contributed by atoms with van der Waals surface area (Å²) in [7, 11) is 2.90. The summed E-state index contributed by atoms with van der Waals surface area (Å²) in [5.41, 5.74) is 6.68. The molecule has 0 aromatic heterocycles. The van der Waals surface area contributed by atoms with Gasteiger partial charge in [0.1, 0.15) is 6.10 Å². The molecule has 8 nitrogen and oxygen atoms in total. The maximum Gasteiger partial charge on any atom is 0.414 e. The largest absolute Gasteiger partial charge is 0.444 e. The molecule has 2 heterocycles. The van der Waals surface area contributed by atoms with Gasteiger partial charge in [-0.05, 0) is 30.7 Å². The van der Waals surface area contributed by atoms with Crippen LogP contribution in [0.25, 0.3) is 0 Å². The molecule has 2 saturated heterocycles. The number of cyclic esters (lactones) is 1. The second-order valence-electron chi connectivity index (χ2n) is 7.02. The Morgan fingerprint density at radius 1 is 1.25 bits per heavy atom. The van der Waals surface area contributed by atoms with Crippen molar-refractivity contribution in [3.8, 4) is 0 Å². The van der Waals surface area contributed by atoms with Gasteiger partial charge in [0.25, 0.3) is 0 Å². The standard InChI is InChI=1S/C19H26FN3O5/c1-26-19(27-2)9-10-22(12-16(19)20)13-3-5-14(6-4-13)23-11-15(28-18(23)25)7-8-17(21)24/h3-6,15-16H,7-12H2,1-2H3,(H2,21,24). The lowest BCUT2D eigenvalue weighted by Gasteiger charge is -2.42. The predicted octanol–water partition coefficient (Wildman–Crippen LogP) is 1.81. The Balaban J connectivity index is 1.63. The van der Waals surface area contributed by atoms with E-state index in [9.17, 15) is 14.0 Å². The number of halogens is 1. The molecule has 2 aliphatic rings. The predicted molar refractivity (Wildman–Crippen MR) is 101 cm³/mol. The van der Waals surface area contributed by atoms with Crippen LogP contribution < -0.4 is 15.5 Å². The Kier molecular flexibility index (Phi) is 6.04. The minimum atomic E-state index is -1.28. The van der Waals surface area contributed by atoms with E-state index in [-0.39, 0.29) is 19.1 Å². The first-order valence-electron chi connectivity index (χ1n) is 9.24. The van der Waals surface area contributed by atoms with Gasteiger partial charge in [0.2, 0.25) is 11.7 Å². The Morgan fingerprint density at radius 3 is 2.46 bits per heavy atom. The van der Waals surface area contributed by atoms with Crippen LogP contribution in [0.2, 0.25) is 0 Å². The number of rotatable bonds is 7. The maximum atomic E-state index is 14.6. The third-order valence-electron chi connectivity index (χ3n) is 5.39. The number of amides is 2. The van der Waals surface area contributed by atoms with E-state index >= 15 is 0 Å². The Bertz CT molecular complexity index is 710. The second kappa shape index (κ2) is 8.32. The van der Waals surface area contributed by atoms with E-state index in [0.717, 1.165) is 5.69 Å². The molecular formula is C19H26FN3O5. The van der Waals surface area contributed by atoms with E-state index in [1.165, 1.54) is 19.1 Å². The average Bonchev–Trinajstić information content (AvgIpc) is 3.07. The Hall–Kier alpha value is -2.39. The van der Waals surface area contributed by atoms with Crippen molar-refractivity contribution in [3.05, 3.63) is 24.3 Å². The number of carbonyl (C=O) groups excluding carboxylic acids is 2. The van der Waals surface area contributed by atoms with Crippen molar-refractivity contribution < 1.29 is 28.2 Å². The number of hydrogen-bond donors (Lipinski definition) is 1. The molecule has 3 rings (SSSR count). The highest BCUT2D eigenvalue weighted by atomic mass is 19.1. The molecule has 2 fully saturated rings. The van der Waals surface area contributed by atoms with Crippen molar-refractivity contribution in [1.82, 2.24) is 0 Å². The number of ether oxygens (including phenoxy) is 3. The molecule has 154 valence electrons. The number of benzene rings is 1. The topological polar surface area (TPSA) is 94.3 Å². The van der Waals surface area contributed by atoms with Crippen LogP contribution in [-0.4, -0.2) is 63.9 Å². The number of carbonyl (C=O) groups is 2. The minimum absolute atomic E-state index is 0.155. The highest BCUT2D eigenvalue weighted by molar-refractivity contribution is 5.90. The van der Waals surface area contributed by atoms with E-state index < -0.39 is 24.0 Å². The third-order valence-corrected chi connectivity index (χ3v) is 5.39. The summed E-state index contributed by atoms with van der Waals surface area (Å²) in [6.07, 6.45) is -1.10. The normalized spacial score (nSPS) is 24.3. The first kappa shape index (κ1) is 20.3. The van der Waals surface area contributed by atoms with Gasteiger partial charge >= 0.3 is 6.09 Å². The number of nitrogens with two attached hydrogens (primary N) is 1. The number of methoxy groups -OCH3 is 2. The van der Waals surface area contributed by atoms with Crippen LogP contribution in [0.15, 0.2) is 24.3 Å². The maximum absolute atomic E-state index is 14.6. The summed E-state index contributed by atoms with van der Waals surface area (Å²) in [4.78, 5) is 26.4. The van der Waals surface area contributed by atoms with Crippen LogP contribution in [0.3, 0.4) is 0 Å². The summed E-state index contributed by atoms with van der Waals surface area (Å²) in [5.74, 6) is -1.62. The van der Waals surface area contributed by atoms with E-state index in [4.69, 9.17) is 19.9 Å². The lowest BCUT2D eigenvalue weighted by molar-refractivity contribution is -0.249. The van der Waals surface area contributed by atoms with Crippen LogP contribution >= 0.6 is 0 Å². The molecule has 2 aliphatic heterocycles. The fraction of sp³-hybridized carbons (Fsp3) is 0.579. The molecule has 0 spiro atoms. The zero-order chi connectivity index (χ0) is 20.3. The summed E-state index contributed by atoms with van der Waals surface area (Å²) in [6.45, 7) is 1.11. The van der Waals surface area contributed by atoms with Gasteiger partial charge in [-0.15, -0.1) is 0 Å². The van der Waals surface area contributed by atoms with Gasteiger partial charge in [-0.2, -0.15) is 0 Å². The molecule has 1 aromatic rings. The molecule has 1 aromatic carbocycles. The molecule has 0 saturated carbocycles. The quantitative estimate of drug-likeness (QED) is 0.708. The summed E-state index contributed by atoms with van der Waals surface area (Å²) in [5, 5.41) is 0. The first-order chi connectivity index (χ1) is 13.4. The summed E-state index contributed by atoms with van der Waals surface area (Å²) >= 11 is 0. The number of anilines is 2.